The third kappa shape index (κ3) is 5.48. The number of nitrogens with one attached hydrogen (secondary N) is 1. The highest BCUT2D eigenvalue weighted by Gasteiger charge is 2.51. The molecular formula is C30H32FN5O4. The van der Waals surface area contributed by atoms with Gasteiger partial charge in [-0.25, -0.2) is 19.2 Å². The Morgan fingerprint density at radius 1 is 1.00 bits per heavy atom. The van der Waals surface area contributed by atoms with Gasteiger partial charge in [0.25, 0.3) is 0 Å². The van der Waals surface area contributed by atoms with Gasteiger partial charge in [0.05, 0.1) is 19.1 Å². The molecule has 208 valence electrons. The second-order valence-corrected chi connectivity index (χ2v) is 10.2. The number of phenolic OH excluding ortho intramolecular Hbond substituents is 1. The van der Waals surface area contributed by atoms with E-state index < -0.39 is 18.2 Å². The van der Waals surface area contributed by atoms with Crippen LogP contribution in [0.5, 0.6) is 5.75 Å². The summed E-state index contributed by atoms with van der Waals surface area (Å²) in [5, 5.41) is 15.7. The fourth-order valence-electron chi connectivity index (χ4n) is 5.44. The highest BCUT2D eigenvalue weighted by molar-refractivity contribution is 5.92. The van der Waals surface area contributed by atoms with Gasteiger partial charge in [-0.3, -0.25) is 9.59 Å². The van der Waals surface area contributed by atoms with E-state index in [2.05, 4.69) is 5.32 Å². The molecule has 2 N–H and O–H groups in total. The van der Waals surface area contributed by atoms with Crippen molar-refractivity contribution in [3.05, 3.63) is 101 Å². The van der Waals surface area contributed by atoms with Gasteiger partial charge in [-0.15, -0.1) is 0 Å². The van der Waals surface area contributed by atoms with Crippen LogP contribution >= 0.6 is 0 Å². The van der Waals surface area contributed by atoms with Crippen molar-refractivity contribution in [3.8, 4) is 5.75 Å². The smallest absolute Gasteiger partial charge is 0.334 e. The number of hydrazine groups is 1. The van der Waals surface area contributed by atoms with E-state index in [0.29, 0.717) is 0 Å². The highest BCUT2D eigenvalue weighted by Crippen LogP contribution is 2.32. The van der Waals surface area contributed by atoms with Crippen LogP contribution in [0.25, 0.3) is 0 Å². The minimum absolute atomic E-state index is 0.0753. The van der Waals surface area contributed by atoms with Crippen molar-refractivity contribution in [2.45, 2.75) is 38.1 Å². The lowest BCUT2D eigenvalue weighted by Crippen LogP contribution is -2.76. The van der Waals surface area contributed by atoms with Gasteiger partial charge < -0.3 is 20.2 Å². The first-order chi connectivity index (χ1) is 19.2. The monoisotopic (exact) mass is 545 g/mol. The summed E-state index contributed by atoms with van der Waals surface area (Å²) >= 11 is 0. The molecule has 2 heterocycles. The van der Waals surface area contributed by atoms with Crippen LogP contribution < -0.4 is 5.32 Å². The molecule has 0 aliphatic carbocycles. The maximum absolute atomic E-state index is 14.0. The summed E-state index contributed by atoms with van der Waals surface area (Å²) in [5.41, 5.74) is 2.45. The largest absolute Gasteiger partial charge is 0.508 e. The van der Waals surface area contributed by atoms with Crippen molar-refractivity contribution >= 4 is 17.8 Å². The average Bonchev–Trinajstić information content (AvgIpc) is 2.95. The lowest BCUT2D eigenvalue weighted by atomic mass is 9.96. The molecule has 0 radical (unpaired) electrons. The van der Waals surface area contributed by atoms with Gasteiger partial charge in [-0.2, -0.15) is 0 Å². The summed E-state index contributed by atoms with van der Waals surface area (Å²) < 4.78 is 13.3. The number of aromatic hydroxyl groups is 1. The van der Waals surface area contributed by atoms with Crippen LogP contribution in [0.2, 0.25) is 0 Å². The van der Waals surface area contributed by atoms with Crippen LogP contribution in [0.1, 0.15) is 29.7 Å². The highest BCUT2D eigenvalue weighted by atomic mass is 19.1. The number of carbonyl (C=O) groups is 3. The topological polar surface area (TPSA) is 96.4 Å². The number of nitrogens with zero attached hydrogens (tertiary/aromatic N) is 4. The van der Waals surface area contributed by atoms with Gasteiger partial charge in [-0.05, 0) is 47.9 Å². The Morgan fingerprint density at radius 2 is 1.65 bits per heavy atom. The molecule has 0 aromatic heterocycles. The van der Waals surface area contributed by atoms with E-state index in [1.807, 2.05) is 37.3 Å². The van der Waals surface area contributed by atoms with Gasteiger partial charge in [0.2, 0.25) is 11.8 Å². The number of carbonyl (C=O) groups excluding carboxylic acids is 3. The molecule has 3 aromatic rings. The Balaban J connectivity index is 1.47. The van der Waals surface area contributed by atoms with Crippen LogP contribution in [0.3, 0.4) is 0 Å². The molecule has 2 aliphatic heterocycles. The SMILES string of the molecule is C[C@H](c1ccccc1)N1C[C@H]2N(C(=O)CN(C)N2C(=O)NCc2ccc(F)cc2)C(Cc2ccc(O)cc2)C1=O. The van der Waals surface area contributed by atoms with Crippen molar-refractivity contribution in [1.29, 1.82) is 0 Å². The van der Waals surface area contributed by atoms with Crippen LogP contribution in [0.4, 0.5) is 9.18 Å². The van der Waals surface area contributed by atoms with E-state index >= 15 is 0 Å². The molecule has 2 saturated heterocycles. The minimum atomic E-state index is -0.844. The molecule has 2 aliphatic rings. The molecule has 0 bridgehead atoms. The Bertz CT molecular complexity index is 1370. The van der Waals surface area contributed by atoms with Gasteiger partial charge in [-0.1, -0.05) is 54.6 Å². The third-order valence-electron chi connectivity index (χ3n) is 7.57. The molecule has 0 saturated carbocycles. The molecule has 4 amide bonds. The summed E-state index contributed by atoms with van der Waals surface area (Å²) in [4.78, 5) is 44.3. The fourth-order valence-corrected chi connectivity index (χ4v) is 5.44. The van der Waals surface area contributed by atoms with Crippen LogP contribution in [0, 0.1) is 5.82 Å². The molecule has 0 spiro atoms. The summed E-state index contributed by atoms with van der Waals surface area (Å²) in [6.45, 7) is 2.16. The van der Waals surface area contributed by atoms with Crippen LogP contribution in [-0.2, 0) is 22.6 Å². The molecule has 2 fully saturated rings. The Kier molecular flexibility index (Phi) is 7.70. The van der Waals surface area contributed by atoms with Gasteiger partial charge in [0, 0.05) is 20.0 Å². The predicted molar refractivity (Wildman–Crippen MR) is 146 cm³/mol. The zero-order valence-electron chi connectivity index (χ0n) is 22.4. The number of hydrogen-bond acceptors (Lipinski definition) is 5. The molecule has 5 rings (SSSR count). The first-order valence-corrected chi connectivity index (χ1v) is 13.2. The molecule has 9 nitrogen and oxygen atoms in total. The number of likely N-dealkylation sites (N-methyl/N-ethyl adjacent to an activating group) is 1. The molecule has 1 unspecified atom stereocenters. The van der Waals surface area contributed by atoms with Crippen molar-refractivity contribution in [2.75, 3.05) is 20.1 Å². The van der Waals surface area contributed by atoms with Crippen LogP contribution in [0.15, 0.2) is 78.9 Å². The Morgan fingerprint density at radius 3 is 2.33 bits per heavy atom. The molecule has 3 atom stereocenters. The summed E-state index contributed by atoms with van der Waals surface area (Å²) in [6.07, 6.45) is -0.515. The number of amides is 4. The van der Waals surface area contributed by atoms with Crippen LogP contribution in [-0.4, -0.2) is 75.1 Å². The molecular weight excluding hydrogens is 513 g/mol. The second-order valence-electron chi connectivity index (χ2n) is 10.2. The lowest BCUT2D eigenvalue weighted by Gasteiger charge is -2.55. The van der Waals surface area contributed by atoms with Crippen molar-refractivity contribution in [2.24, 2.45) is 0 Å². The second kappa shape index (κ2) is 11.4. The van der Waals surface area contributed by atoms with Crippen molar-refractivity contribution in [1.82, 2.24) is 25.1 Å². The number of halogens is 1. The normalized spacial score (nSPS) is 20.3. The zero-order valence-corrected chi connectivity index (χ0v) is 22.4. The summed E-state index contributed by atoms with van der Waals surface area (Å²) in [7, 11) is 1.67. The maximum Gasteiger partial charge on any atom is 0.334 e. The van der Waals surface area contributed by atoms with E-state index in [4.69, 9.17) is 0 Å². The number of phenols is 1. The Hall–Kier alpha value is -4.44. The number of piperazine rings is 1. The van der Waals surface area contributed by atoms with Crippen molar-refractivity contribution in [3.63, 3.8) is 0 Å². The van der Waals surface area contributed by atoms with E-state index in [9.17, 15) is 23.9 Å². The standard InChI is InChI=1S/C30H32FN5O4/c1-20(23-6-4-3-5-7-23)34-18-27-35(26(29(34)39)16-21-10-14-25(37)15-11-21)28(38)19-33(2)36(27)30(40)32-17-22-8-12-24(31)13-9-22/h3-15,20,26-27,37H,16-19H2,1-2H3,(H,32,40)/t20-,26?,27+/m1/s1. The number of benzene rings is 3. The van der Waals surface area contributed by atoms with Gasteiger partial charge >= 0.3 is 6.03 Å². The molecule has 3 aromatic carbocycles. The van der Waals surface area contributed by atoms with E-state index in [1.54, 1.807) is 53.4 Å². The number of urea groups is 1. The zero-order chi connectivity index (χ0) is 28.4. The lowest BCUT2D eigenvalue weighted by molar-refractivity contribution is -0.189. The van der Waals surface area contributed by atoms with Gasteiger partial charge in [0.15, 0.2) is 0 Å². The average molecular weight is 546 g/mol. The van der Waals surface area contributed by atoms with E-state index in [1.165, 1.54) is 22.0 Å². The Labute approximate surface area is 232 Å². The number of hydrogen-bond donors (Lipinski definition) is 2. The van der Waals surface area contributed by atoms with Gasteiger partial charge in [0.1, 0.15) is 23.8 Å². The molecule has 10 heteroatoms. The first-order valence-electron chi connectivity index (χ1n) is 13.2. The minimum Gasteiger partial charge on any atom is -0.508 e. The van der Waals surface area contributed by atoms with E-state index in [-0.39, 0.29) is 55.5 Å². The maximum atomic E-state index is 14.0. The summed E-state index contributed by atoms with van der Waals surface area (Å²) in [6, 6.07) is 20.5. The first kappa shape index (κ1) is 27.1. The fraction of sp³-hybridized carbons (Fsp3) is 0.300. The van der Waals surface area contributed by atoms with E-state index in [0.717, 1.165) is 16.7 Å². The predicted octanol–water partition coefficient (Wildman–Crippen LogP) is 3.27. The summed E-state index contributed by atoms with van der Waals surface area (Å²) in [5.74, 6) is -0.709. The third-order valence-corrected chi connectivity index (χ3v) is 7.57. The molecule has 40 heavy (non-hydrogen) atoms. The number of rotatable bonds is 6. The van der Waals surface area contributed by atoms with Crippen molar-refractivity contribution < 1.29 is 23.9 Å². The number of fused-ring (bicyclic) bond motifs is 1. The quantitative estimate of drug-likeness (QED) is 0.496.